The number of amides is 2. The highest BCUT2D eigenvalue weighted by atomic mass is 16.5. The Balaban J connectivity index is 1.72. The van der Waals surface area contributed by atoms with E-state index in [1.165, 1.54) is 25.3 Å². The molecule has 0 spiro atoms. The van der Waals surface area contributed by atoms with Gasteiger partial charge in [0, 0.05) is 18.4 Å². The predicted octanol–water partition coefficient (Wildman–Crippen LogP) is 0.413. The molecule has 0 bridgehead atoms. The van der Waals surface area contributed by atoms with Crippen molar-refractivity contribution in [2.75, 3.05) is 7.11 Å². The Morgan fingerprint density at radius 3 is 2.31 bits per heavy atom. The van der Waals surface area contributed by atoms with Crippen LogP contribution in [0.5, 0.6) is 17.2 Å². The van der Waals surface area contributed by atoms with E-state index in [-0.39, 0.29) is 24.2 Å². The van der Waals surface area contributed by atoms with Crippen LogP contribution in [0.25, 0.3) is 0 Å². The number of primary amides is 1. The Morgan fingerprint density at radius 1 is 1.09 bits per heavy atom. The molecular formula is C23H26N2O7. The highest BCUT2D eigenvalue weighted by Gasteiger charge is 2.35. The first-order chi connectivity index (χ1) is 15.3. The molecule has 0 unspecified atom stereocenters. The number of aromatic hydroxyl groups is 1. The summed E-state index contributed by atoms with van der Waals surface area (Å²) in [6.07, 6.45) is -2.00. The molecule has 6 N–H and O–H groups in total. The van der Waals surface area contributed by atoms with E-state index in [2.05, 4.69) is 5.32 Å². The van der Waals surface area contributed by atoms with Crippen LogP contribution in [-0.4, -0.2) is 58.6 Å². The zero-order chi connectivity index (χ0) is 23.3. The molecule has 0 saturated heterocycles. The van der Waals surface area contributed by atoms with E-state index in [1.54, 1.807) is 36.4 Å². The van der Waals surface area contributed by atoms with E-state index < -0.39 is 36.2 Å². The van der Waals surface area contributed by atoms with Crippen molar-refractivity contribution in [1.29, 1.82) is 0 Å². The van der Waals surface area contributed by atoms with Crippen molar-refractivity contribution >= 4 is 11.8 Å². The van der Waals surface area contributed by atoms with Crippen molar-refractivity contribution in [1.82, 2.24) is 5.32 Å². The minimum Gasteiger partial charge on any atom is -0.508 e. The highest BCUT2D eigenvalue weighted by Crippen LogP contribution is 2.25. The van der Waals surface area contributed by atoms with E-state index in [1.807, 2.05) is 0 Å². The fourth-order valence-electron chi connectivity index (χ4n) is 3.35. The maximum absolute atomic E-state index is 12.8. The summed E-state index contributed by atoms with van der Waals surface area (Å²) >= 11 is 0. The molecule has 2 aromatic carbocycles. The molecule has 170 valence electrons. The van der Waals surface area contributed by atoms with E-state index >= 15 is 0 Å². The number of nitrogens with one attached hydrogen (secondary N) is 1. The Labute approximate surface area is 185 Å². The van der Waals surface area contributed by atoms with Gasteiger partial charge in [-0.3, -0.25) is 9.59 Å². The quantitative estimate of drug-likeness (QED) is 0.397. The summed E-state index contributed by atoms with van der Waals surface area (Å²) in [6, 6.07) is 11.8. The van der Waals surface area contributed by atoms with Crippen LogP contribution in [0.15, 0.2) is 60.2 Å². The second kappa shape index (κ2) is 10.2. The number of carbonyl (C=O) groups is 2. The molecule has 0 fully saturated rings. The second-order valence-corrected chi connectivity index (χ2v) is 7.51. The fraction of sp³-hybridized carbons (Fsp3) is 0.304. The Bertz CT molecular complexity index is 973. The standard InChI is InChI=1S/C23H26N2O7/c1-31-16-6-8-17(9-7-16)32-20-12-14(11-19(27)21(20)28)23(30)25-18(22(24)29)10-13-2-4-15(26)5-3-13/h2-9,12,18-21,26-28H,10-11H2,1H3,(H2,24,29)(H,25,30)/t18-,19+,20-,21+/m0/s1. The number of hydrogen-bond donors (Lipinski definition) is 5. The van der Waals surface area contributed by atoms with Crippen LogP contribution in [0.3, 0.4) is 0 Å². The molecule has 1 aliphatic carbocycles. The van der Waals surface area contributed by atoms with Gasteiger partial charge in [-0.15, -0.1) is 0 Å². The smallest absolute Gasteiger partial charge is 0.247 e. The lowest BCUT2D eigenvalue weighted by Crippen LogP contribution is -2.49. The van der Waals surface area contributed by atoms with Crippen molar-refractivity contribution in [3.05, 3.63) is 65.7 Å². The average Bonchev–Trinajstić information content (AvgIpc) is 2.78. The molecule has 2 aromatic rings. The van der Waals surface area contributed by atoms with E-state index in [9.17, 15) is 24.9 Å². The number of nitrogens with two attached hydrogens (primary N) is 1. The summed E-state index contributed by atoms with van der Waals surface area (Å²) in [7, 11) is 1.53. The highest BCUT2D eigenvalue weighted by molar-refractivity contribution is 5.97. The molecule has 3 rings (SSSR count). The van der Waals surface area contributed by atoms with Crippen LogP contribution in [-0.2, 0) is 16.0 Å². The Hall–Kier alpha value is -3.56. The number of methoxy groups -OCH3 is 1. The first kappa shape index (κ1) is 23.1. The van der Waals surface area contributed by atoms with Crippen molar-refractivity contribution in [3.63, 3.8) is 0 Å². The molecular weight excluding hydrogens is 416 g/mol. The molecule has 1 aliphatic rings. The summed E-state index contributed by atoms with van der Waals surface area (Å²) in [5, 5.41) is 32.5. The van der Waals surface area contributed by atoms with Crippen LogP contribution in [0.1, 0.15) is 12.0 Å². The van der Waals surface area contributed by atoms with E-state index in [0.29, 0.717) is 17.1 Å². The predicted molar refractivity (Wildman–Crippen MR) is 115 cm³/mol. The van der Waals surface area contributed by atoms with Crippen molar-refractivity contribution in [2.45, 2.75) is 37.2 Å². The van der Waals surface area contributed by atoms with Gasteiger partial charge < -0.3 is 35.8 Å². The molecule has 9 nitrogen and oxygen atoms in total. The summed E-state index contributed by atoms with van der Waals surface area (Å²) in [6.45, 7) is 0. The van der Waals surface area contributed by atoms with Gasteiger partial charge in [-0.2, -0.15) is 0 Å². The topological polar surface area (TPSA) is 151 Å². The van der Waals surface area contributed by atoms with Gasteiger partial charge >= 0.3 is 0 Å². The normalized spacial score (nSPS) is 21.2. The number of phenolic OH excluding ortho intramolecular Hbond substituents is 1. The molecule has 0 saturated carbocycles. The Kier molecular flexibility index (Phi) is 7.34. The van der Waals surface area contributed by atoms with Crippen molar-refractivity contribution in [2.24, 2.45) is 5.73 Å². The zero-order valence-electron chi connectivity index (χ0n) is 17.5. The SMILES string of the molecule is COc1ccc(O[C@H]2C=C(C(=O)N[C@@H](Cc3ccc(O)cc3)C(N)=O)C[C@@H](O)[C@H]2O)cc1. The molecule has 0 aliphatic heterocycles. The van der Waals surface area contributed by atoms with Crippen LogP contribution in [0.4, 0.5) is 0 Å². The molecule has 9 heteroatoms. The van der Waals surface area contributed by atoms with Gasteiger partial charge in [0.15, 0.2) is 0 Å². The second-order valence-electron chi connectivity index (χ2n) is 7.51. The Morgan fingerprint density at radius 2 is 1.72 bits per heavy atom. The third-order valence-electron chi connectivity index (χ3n) is 5.17. The lowest BCUT2D eigenvalue weighted by molar-refractivity contribution is -0.126. The number of rotatable bonds is 8. The van der Waals surface area contributed by atoms with Gasteiger partial charge in [-0.25, -0.2) is 0 Å². The first-order valence-electron chi connectivity index (χ1n) is 10.0. The molecule has 0 heterocycles. The average molecular weight is 442 g/mol. The fourth-order valence-corrected chi connectivity index (χ4v) is 3.35. The number of aliphatic hydroxyl groups excluding tert-OH is 2. The van der Waals surface area contributed by atoms with Gasteiger partial charge in [0.05, 0.1) is 13.2 Å². The molecule has 0 aromatic heterocycles. The number of ether oxygens (including phenoxy) is 2. The minimum atomic E-state index is -1.24. The van der Waals surface area contributed by atoms with Gasteiger partial charge in [-0.05, 0) is 48.0 Å². The van der Waals surface area contributed by atoms with Crippen molar-refractivity contribution < 1.29 is 34.4 Å². The number of carbonyl (C=O) groups excluding carboxylic acids is 2. The van der Waals surface area contributed by atoms with Crippen LogP contribution in [0, 0.1) is 0 Å². The molecule has 0 radical (unpaired) electrons. The number of phenols is 1. The van der Waals surface area contributed by atoms with Gasteiger partial charge in [-0.1, -0.05) is 12.1 Å². The third-order valence-corrected chi connectivity index (χ3v) is 5.17. The van der Waals surface area contributed by atoms with Crippen LogP contribution < -0.4 is 20.5 Å². The molecule has 4 atom stereocenters. The summed E-state index contributed by atoms with van der Waals surface area (Å²) < 4.78 is 10.8. The molecule has 32 heavy (non-hydrogen) atoms. The van der Waals surface area contributed by atoms with Gasteiger partial charge in [0.25, 0.3) is 0 Å². The number of benzene rings is 2. The van der Waals surface area contributed by atoms with Crippen LogP contribution >= 0.6 is 0 Å². The first-order valence-corrected chi connectivity index (χ1v) is 10.0. The largest absolute Gasteiger partial charge is 0.508 e. The summed E-state index contributed by atoms with van der Waals surface area (Å²) in [5.41, 5.74) is 6.31. The number of hydrogen-bond acceptors (Lipinski definition) is 7. The maximum atomic E-state index is 12.8. The van der Waals surface area contributed by atoms with E-state index in [0.717, 1.165) is 0 Å². The third kappa shape index (κ3) is 5.77. The summed E-state index contributed by atoms with van der Waals surface area (Å²) in [5.74, 6) is -0.196. The lowest BCUT2D eigenvalue weighted by Gasteiger charge is -2.31. The maximum Gasteiger partial charge on any atom is 0.247 e. The number of aliphatic hydroxyl groups is 2. The summed E-state index contributed by atoms with van der Waals surface area (Å²) in [4.78, 5) is 24.7. The zero-order valence-corrected chi connectivity index (χ0v) is 17.5. The molecule has 2 amide bonds. The van der Waals surface area contributed by atoms with Crippen molar-refractivity contribution in [3.8, 4) is 17.2 Å². The van der Waals surface area contributed by atoms with E-state index in [4.69, 9.17) is 15.2 Å². The van der Waals surface area contributed by atoms with Gasteiger partial charge in [0.1, 0.15) is 35.5 Å². The monoisotopic (exact) mass is 442 g/mol. The van der Waals surface area contributed by atoms with Crippen LogP contribution in [0.2, 0.25) is 0 Å². The lowest BCUT2D eigenvalue weighted by atomic mass is 9.91. The van der Waals surface area contributed by atoms with Gasteiger partial charge in [0.2, 0.25) is 11.8 Å². The minimum absolute atomic E-state index is 0.0798.